The Labute approximate surface area is 358 Å². The fourth-order valence-corrected chi connectivity index (χ4v) is 10.3. The summed E-state index contributed by atoms with van der Waals surface area (Å²) >= 11 is 0. The van der Waals surface area contributed by atoms with Gasteiger partial charge in [-0.2, -0.15) is 0 Å². The lowest BCUT2D eigenvalue weighted by Crippen LogP contribution is -2.55. The first-order valence-corrected chi connectivity index (χ1v) is 21.2. The minimum Gasteiger partial charge on any atom is -0.456 e. The van der Waals surface area contributed by atoms with Crippen molar-refractivity contribution >= 4 is 143 Å². The lowest BCUT2D eigenvalue weighted by molar-refractivity contribution is 0.668. The van der Waals surface area contributed by atoms with Gasteiger partial charge in [-0.25, -0.2) is 0 Å². The van der Waals surface area contributed by atoms with E-state index in [0.29, 0.717) is 0 Å². The van der Waals surface area contributed by atoms with E-state index in [9.17, 15) is 0 Å². The van der Waals surface area contributed by atoms with E-state index in [1.54, 1.807) is 0 Å². The summed E-state index contributed by atoms with van der Waals surface area (Å²) in [5, 5.41) is 11.8. The standard InChI is InChI=1S/C54H37B5O2/c55-50-49(51(56)53(58)54(59)52(50)57)30-19-23-40-42(25-30)48(32-18-21-38-36-12-4-6-15-44(36)61-46(38)27-32)39-22-16-29(34-13-7-9-28-8-1-2-10-33(28)34)24-41(39)47(40)31-17-20-37-35-11-3-5-14-43(35)60-45(37)26-31/h1-27H,55-59H2. The van der Waals surface area contributed by atoms with E-state index in [4.69, 9.17) is 8.83 Å². The molecular formula is C54H37B5O2. The van der Waals surface area contributed by atoms with Crippen molar-refractivity contribution in [1.82, 2.24) is 0 Å². The fraction of sp³-hybridized carbons (Fsp3) is 0. The molecule has 2 heterocycles. The average molecular weight is 772 g/mol. The maximum absolute atomic E-state index is 6.57. The summed E-state index contributed by atoms with van der Waals surface area (Å²) in [5.74, 6) is 0. The van der Waals surface area contributed by atoms with Gasteiger partial charge in [-0.1, -0.05) is 126 Å². The maximum atomic E-state index is 6.57. The molecule has 2 aromatic heterocycles. The Hall–Kier alpha value is -7.10. The molecule has 0 atom stereocenters. The number of fused-ring (bicyclic) bond motifs is 9. The van der Waals surface area contributed by atoms with Gasteiger partial charge in [-0.15, -0.1) is 16.4 Å². The van der Waals surface area contributed by atoms with Gasteiger partial charge in [0.25, 0.3) is 0 Å². The van der Waals surface area contributed by atoms with Crippen molar-refractivity contribution in [2.45, 2.75) is 0 Å². The van der Waals surface area contributed by atoms with Crippen LogP contribution in [0.4, 0.5) is 0 Å². The summed E-state index contributed by atoms with van der Waals surface area (Å²) < 4.78 is 13.1. The first-order valence-electron chi connectivity index (χ1n) is 21.2. The van der Waals surface area contributed by atoms with Crippen molar-refractivity contribution in [2.75, 3.05) is 0 Å². The van der Waals surface area contributed by atoms with Crippen LogP contribution < -0.4 is 27.3 Å². The molecule has 280 valence electrons. The van der Waals surface area contributed by atoms with Crippen LogP contribution in [0.15, 0.2) is 173 Å². The van der Waals surface area contributed by atoms with Gasteiger partial charge >= 0.3 is 0 Å². The Morgan fingerprint density at radius 2 is 0.672 bits per heavy atom. The number of para-hydroxylation sites is 2. The van der Waals surface area contributed by atoms with Gasteiger partial charge in [0, 0.05) is 21.5 Å². The van der Waals surface area contributed by atoms with Gasteiger partial charge in [0.15, 0.2) is 0 Å². The number of hydrogen-bond acceptors (Lipinski definition) is 2. The monoisotopic (exact) mass is 772 g/mol. The molecule has 12 rings (SSSR count). The number of benzene rings is 10. The van der Waals surface area contributed by atoms with Crippen molar-refractivity contribution in [1.29, 1.82) is 0 Å². The van der Waals surface area contributed by atoms with E-state index in [1.165, 1.54) is 93.0 Å². The molecule has 0 aliphatic rings. The van der Waals surface area contributed by atoms with Crippen LogP contribution in [0.5, 0.6) is 0 Å². The van der Waals surface area contributed by atoms with Gasteiger partial charge in [-0.3, -0.25) is 0 Å². The smallest absolute Gasteiger partial charge is 0.139 e. The molecule has 0 fully saturated rings. The van der Waals surface area contributed by atoms with Crippen LogP contribution in [0.3, 0.4) is 0 Å². The molecule has 2 nitrogen and oxygen atoms in total. The Morgan fingerprint density at radius 1 is 0.262 bits per heavy atom. The van der Waals surface area contributed by atoms with E-state index >= 15 is 0 Å². The number of hydrogen-bond donors (Lipinski definition) is 0. The second kappa shape index (κ2) is 13.5. The van der Waals surface area contributed by atoms with Crippen molar-refractivity contribution in [3.8, 4) is 44.5 Å². The summed E-state index contributed by atoms with van der Waals surface area (Å²) in [6.45, 7) is 0. The molecular weight excluding hydrogens is 735 g/mol. The fourth-order valence-electron chi connectivity index (χ4n) is 10.3. The molecule has 0 N–H and O–H groups in total. The van der Waals surface area contributed by atoms with Crippen LogP contribution in [0.1, 0.15) is 0 Å². The molecule has 0 bridgehead atoms. The molecule has 12 aromatic rings. The van der Waals surface area contributed by atoms with Crippen LogP contribution in [0.25, 0.3) is 121 Å². The van der Waals surface area contributed by atoms with Gasteiger partial charge in [0.1, 0.15) is 61.6 Å². The normalized spacial score (nSPS) is 11.9. The van der Waals surface area contributed by atoms with E-state index in [0.717, 1.165) is 55.0 Å². The van der Waals surface area contributed by atoms with Gasteiger partial charge in [-0.05, 0) is 125 Å². The Morgan fingerprint density at radius 3 is 1.25 bits per heavy atom. The minimum absolute atomic E-state index is 0.887. The van der Waals surface area contributed by atoms with Gasteiger partial charge in [0.2, 0.25) is 0 Å². The third-order valence-corrected chi connectivity index (χ3v) is 13.8. The molecule has 0 radical (unpaired) electrons. The maximum Gasteiger partial charge on any atom is 0.139 e. The van der Waals surface area contributed by atoms with Crippen LogP contribution in [-0.2, 0) is 0 Å². The molecule has 10 aromatic carbocycles. The highest BCUT2D eigenvalue weighted by Crippen LogP contribution is 2.48. The quantitative estimate of drug-likeness (QED) is 0.144. The number of furan rings is 2. The zero-order valence-electron chi connectivity index (χ0n) is 34.9. The van der Waals surface area contributed by atoms with Gasteiger partial charge in [0.05, 0.1) is 0 Å². The van der Waals surface area contributed by atoms with Crippen LogP contribution >= 0.6 is 0 Å². The van der Waals surface area contributed by atoms with E-state index in [1.807, 2.05) is 12.1 Å². The number of rotatable bonds is 4. The minimum atomic E-state index is 0.887. The Balaban J connectivity index is 1.23. The average Bonchev–Trinajstić information content (AvgIpc) is 3.86. The van der Waals surface area contributed by atoms with Crippen molar-refractivity contribution in [2.24, 2.45) is 0 Å². The van der Waals surface area contributed by atoms with E-state index < -0.39 is 0 Å². The SMILES string of the molecule is Bc1c(B)c(B)c(-c2ccc3c(-c4ccc5c(c4)oc4ccccc45)c4cc(-c5cccc6ccccc56)ccc4c(-c4ccc5c(c4)oc4ccccc45)c3c2)c(B)c1B. The van der Waals surface area contributed by atoms with Crippen LogP contribution in [0.2, 0.25) is 0 Å². The lowest BCUT2D eigenvalue weighted by Gasteiger charge is -2.23. The zero-order valence-corrected chi connectivity index (χ0v) is 34.9. The van der Waals surface area contributed by atoms with Gasteiger partial charge < -0.3 is 8.83 Å². The summed E-state index contributed by atoms with van der Waals surface area (Å²) in [5.41, 5.74) is 19.9. The molecule has 0 amide bonds. The molecule has 0 saturated heterocycles. The van der Waals surface area contributed by atoms with Crippen molar-refractivity contribution < 1.29 is 8.83 Å². The molecule has 0 aliphatic heterocycles. The first kappa shape index (κ1) is 35.8. The van der Waals surface area contributed by atoms with Crippen LogP contribution in [0, 0.1) is 0 Å². The Bertz CT molecular complexity index is 3810. The molecule has 0 unspecified atom stereocenters. The highest BCUT2D eigenvalue weighted by Gasteiger charge is 2.22. The molecule has 7 heteroatoms. The summed E-state index contributed by atoms with van der Waals surface area (Å²) in [6.07, 6.45) is 0. The lowest BCUT2D eigenvalue weighted by atomic mass is 9.59. The second-order valence-electron chi connectivity index (χ2n) is 16.9. The highest BCUT2D eigenvalue weighted by molar-refractivity contribution is 6.68. The third kappa shape index (κ3) is 5.36. The highest BCUT2D eigenvalue weighted by atomic mass is 16.3. The third-order valence-electron chi connectivity index (χ3n) is 13.8. The predicted molar refractivity (Wildman–Crippen MR) is 276 cm³/mol. The van der Waals surface area contributed by atoms with Crippen molar-refractivity contribution in [3.63, 3.8) is 0 Å². The van der Waals surface area contributed by atoms with E-state index in [2.05, 4.69) is 191 Å². The van der Waals surface area contributed by atoms with E-state index in [-0.39, 0.29) is 0 Å². The Kier molecular flexibility index (Phi) is 7.90. The summed E-state index contributed by atoms with van der Waals surface area (Å²) in [4.78, 5) is 0. The second-order valence-corrected chi connectivity index (χ2v) is 16.9. The topological polar surface area (TPSA) is 26.3 Å². The summed E-state index contributed by atoms with van der Waals surface area (Å²) in [7, 11) is 11.4. The molecule has 0 saturated carbocycles. The van der Waals surface area contributed by atoms with Crippen LogP contribution in [-0.4, -0.2) is 39.2 Å². The largest absolute Gasteiger partial charge is 0.456 e. The predicted octanol–water partition coefficient (Wildman–Crippen LogP) is 6.91. The molecule has 0 spiro atoms. The zero-order chi connectivity index (χ0) is 41.1. The molecule has 61 heavy (non-hydrogen) atoms. The molecule has 0 aliphatic carbocycles. The first-order chi connectivity index (χ1) is 29.8. The van der Waals surface area contributed by atoms with Crippen molar-refractivity contribution in [3.05, 3.63) is 164 Å². The summed E-state index contributed by atoms with van der Waals surface area (Å²) in [6, 6.07) is 59.8.